The van der Waals surface area contributed by atoms with Crippen molar-refractivity contribution in [1.29, 1.82) is 0 Å². The van der Waals surface area contributed by atoms with E-state index in [1.54, 1.807) is 0 Å². The molecule has 128 valence electrons. The van der Waals surface area contributed by atoms with Crippen molar-refractivity contribution in [3.8, 4) is 0 Å². The molecule has 0 heterocycles. The molecule has 2 atom stereocenters. The summed E-state index contributed by atoms with van der Waals surface area (Å²) in [5.74, 6) is 0. The molecule has 0 aromatic heterocycles. The molecule has 0 amide bonds. The predicted molar refractivity (Wildman–Crippen MR) is 92.7 cm³/mol. The molecule has 0 aliphatic carbocycles. The van der Waals surface area contributed by atoms with E-state index >= 15 is 0 Å². The number of halogens is 2. The van der Waals surface area contributed by atoms with E-state index in [1.165, 1.54) is 0 Å². The summed E-state index contributed by atoms with van der Waals surface area (Å²) in [5, 5.41) is 0. The van der Waals surface area contributed by atoms with Crippen molar-refractivity contribution in [2.75, 3.05) is 0 Å². The van der Waals surface area contributed by atoms with Gasteiger partial charge in [-0.25, -0.2) is 0 Å². The van der Waals surface area contributed by atoms with Crippen molar-refractivity contribution >= 4 is 37.1 Å². The molecule has 0 aromatic rings. The average molecular weight is 596 g/mol. The Hall–Kier alpha value is 5.73. The Morgan fingerprint density at radius 3 is 0.682 bits per heavy atom. The average Bonchev–Trinajstić information content (AvgIpc) is 2.03. The van der Waals surface area contributed by atoms with Crippen molar-refractivity contribution in [3.63, 3.8) is 0 Å². The number of hydrogen-bond donors (Lipinski definition) is 0. The van der Waals surface area contributed by atoms with Crippen molar-refractivity contribution in [1.82, 2.24) is 0 Å². The first-order chi connectivity index (χ1) is 7.71. The van der Waals surface area contributed by atoms with Gasteiger partial charge in [-0.2, -0.15) is 27.7 Å². The molecule has 0 aromatic carbocycles. The van der Waals surface area contributed by atoms with Crippen molar-refractivity contribution in [3.05, 3.63) is 12.8 Å². The molecule has 0 aliphatic rings. The van der Waals surface area contributed by atoms with Crippen LogP contribution in [0.15, 0.2) is 0 Å². The Morgan fingerprint density at radius 1 is 0.682 bits per heavy atom. The van der Waals surface area contributed by atoms with Crippen LogP contribution in [-0.2, 0) is 126 Å². The van der Waals surface area contributed by atoms with Crippen molar-refractivity contribution in [2.24, 2.45) is 0 Å². The second kappa shape index (κ2) is 81.6. The monoisotopic (exact) mass is 596 g/mol. The Bertz CT molecular complexity index is 72.4. The fraction of sp³-hybridized carbons (Fsp3) is 0.833. The van der Waals surface area contributed by atoms with Crippen LogP contribution in [0.3, 0.4) is 0 Å². The summed E-state index contributed by atoms with van der Waals surface area (Å²) in [4.78, 5) is 0. The van der Waals surface area contributed by atoms with Crippen LogP contribution >= 0.6 is 37.1 Å². The van der Waals surface area contributed by atoms with E-state index in [9.17, 15) is 0 Å². The van der Waals surface area contributed by atoms with Gasteiger partial charge in [0.25, 0.3) is 0 Å². The zero-order chi connectivity index (χ0) is 15.3. The van der Waals surface area contributed by atoms with Crippen LogP contribution in [0.2, 0.25) is 0 Å². The maximum absolute atomic E-state index is 4.89. The zero-order valence-corrected chi connectivity index (χ0v) is 28.4. The Balaban J connectivity index is -0.00000000974. The smallest absolute Gasteiger partial charge is 0 e. The van der Waals surface area contributed by atoms with Crippen LogP contribution in [0, 0.1) is 12.8 Å². The van der Waals surface area contributed by atoms with E-state index in [4.69, 9.17) is 18.6 Å². The first kappa shape index (κ1) is 63.0. The van der Waals surface area contributed by atoms with Gasteiger partial charge in [0.15, 0.2) is 0 Å². The molecule has 22 heavy (non-hydrogen) atoms. The van der Waals surface area contributed by atoms with Gasteiger partial charge in [0.1, 0.15) is 0 Å². The van der Waals surface area contributed by atoms with E-state index in [0.717, 1.165) is 11.3 Å². The van der Waals surface area contributed by atoms with Crippen molar-refractivity contribution < 1.29 is 126 Å². The standard InChI is InChI=1S/2C3H9P.2C3H7.2ClH.6Ti/c2*1-3(2)4;2*1-3-2;;;;;;;;/h2*3H,4H2,1-2H3;2*3H,1-2H3;2*1H;;;;;;/q;;2*-1;;;;;;;2*+2/p-2. The van der Waals surface area contributed by atoms with E-state index in [-0.39, 0.29) is 109 Å². The van der Waals surface area contributed by atoms with Gasteiger partial charge in [0.05, 0.1) is 0 Å². The first-order valence-corrected chi connectivity index (χ1v) is 11.3. The van der Waals surface area contributed by atoms with Crippen LogP contribution in [0.4, 0.5) is 0 Å². The fourth-order valence-electron chi connectivity index (χ4n) is 0. The second-order valence-electron chi connectivity index (χ2n) is 3.71. The molecule has 0 radical (unpaired) electrons. The molecular weight excluding hydrogens is 564 g/mol. The molecule has 0 saturated heterocycles. The molecule has 0 spiro atoms. The Labute approximate surface area is 238 Å². The minimum atomic E-state index is -0.556. The van der Waals surface area contributed by atoms with Crippen LogP contribution in [0.5, 0.6) is 0 Å². The van der Waals surface area contributed by atoms with Gasteiger partial charge in [0.2, 0.25) is 0 Å². The van der Waals surface area contributed by atoms with Gasteiger partial charge in [-0.15, -0.1) is 18.5 Å². The molecule has 10 heteroatoms. The SMILES string of the molecule is CC(C)P.CC(C)P.C[CH-]C.C[CH-]C.[Cl][Ti][Cl].[Ti+2].[Ti].[Ti].[Ti].[Ti]. The summed E-state index contributed by atoms with van der Waals surface area (Å²) in [6.07, 6.45) is 4.00. The van der Waals surface area contributed by atoms with Gasteiger partial charge in [-0.1, -0.05) is 27.7 Å². The second-order valence-corrected chi connectivity index (χ2v) is 8.96. The molecule has 2 unspecified atom stereocenters. The minimum Gasteiger partial charge on any atom is 0 e. The van der Waals surface area contributed by atoms with Gasteiger partial charge >= 0.3 is 57.4 Å². The van der Waals surface area contributed by atoms with E-state index in [0.29, 0.717) is 0 Å². The minimum absolute atomic E-state index is 0. The van der Waals surface area contributed by atoms with E-state index < -0.39 is 17.0 Å². The van der Waals surface area contributed by atoms with Crippen LogP contribution in [-0.4, -0.2) is 11.3 Å². The van der Waals surface area contributed by atoms with Crippen LogP contribution in [0.1, 0.15) is 55.4 Å². The molecule has 0 nitrogen and oxygen atoms in total. The molecule has 0 aliphatic heterocycles. The van der Waals surface area contributed by atoms with E-state index in [2.05, 4.69) is 46.2 Å². The quantitative estimate of drug-likeness (QED) is 0.174. The first-order valence-electron chi connectivity index (χ1n) is 5.66. The summed E-state index contributed by atoms with van der Waals surface area (Å²) in [6.45, 7) is 16.5. The summed E-state index contributed by atoms with van der Waals surface area (Å²) in [6, 6.07) is 0. The summed E-state index contributed by atoms with van der Waals surface area (Å²) in [7, 11) is 15.1. The Morgan fingerprint density at radius 2 is 0.682 bits per heavy atom. The zero-order valence-electron chi connectivity index (χ0n) is 15.2. The van der Waals surface area contributed by atoms with Gasteiger partial charge in [-0.05, 0) is 11.3 Å². The molecule has 0 N–H and O–H groups in total. The third kappa shape index (κ3) is 480. The number of hydrogen-bond acceptors (Lipinski definition) is 0. The van der Waals surface area contributed by atoms with Crippen LogP contribution < -0.4 is 0 Å². The normalized spacial score (nSPS) is 5.55. The molecule has 0 bridgehead atoms. The summed E-state index contributed by atoms with van der Waals surface area (Å²) >= 11 is -0.556. The predicted octanol–water partition coefficient (Wildman–Crippen LogP) is 6.36. The third-order valence-electron chi connectivity index (χ3n) is 0. The summed E-state index contributed by atoms with van der Waals surface area (Å²) < 4.78 is 0. The number of rotatable bonds is 0. The Kier molecular flexibility index (Phi) is 234. The summed E-state index contributed by atoms with van der Waals surface area (Å²) in [5.41, 5.74) is 1.50. The van der Waals surface area contributed by atoms with Gasteiger partial charge < -0.3 is 12.8 Å². The largest absolute Gasteiger partial charge is 2.00 e. The van der Waals surface area contributed by atoms with Gasteiger partial charge in [0, 0.05) is 86.9 Å². The van der Waals surface area contributed by atoms with Crippen LogP contribution in [0.25, 0.3) is 0 Å². The van der Waals surface area contributed by atoms with Gasteiger partial charge in [-0.3, -0.25) is 0 Å². The third-order valence-corrected chi connectivity index (χ3v) is 0. The van der Waals surface area contributed by atoms with Crippen molar-refractivity contribution in [2.45, 2.75) is 66.7 Å². The molecule has 0 fully saturated rings. The molecular formula is C12H32Cl2P2Ti6. The maximum Gasteiger partial charge on any atom is 2.00 e. The molecule has 0 rings (SSSR count). The molecule has 0 saturated carbocycles. The topological polar surface area (TPSA) is 0 Å². The maximum atomic E-state index is 4.89. The fourth-order valence-corrected chi connectivity index (χ4v) is 0. The van der Waals surface area contributed by atoms with E-state index in [1.807, 2.05) is 40.5 Å².